The van der Waals surface area contributed by atoms with E-state index in [-0.39, 0.29) is 10.6 Å². The van der Waals surface area contributed by atoms with E-state index in [0.29, 0.717) is 0 Å². The molecule has 1 aromatic carbocycles. The van der Waals surface area contributed by atoms with Gasteiger partial charge < -0.3 is 5.11 Å². The van der Waals surface area contributed by atoms with Crippen LogP contribution in [0.2, 0.25) is 5.02 Å². The normalized spacial score (nSPS) is 14.5. The summed E-state index contributed by atoms with van der Waals surface area (Å²) in [6.07, 6.45) is -1.14. The minimum Gasteiger partial charge on any atom is -0.387 e. The third-order valence-corrected chi connectivity index (χ3v) is 2.27. The molecule has 0 spiro atoms. The van der Waals surface area contributed by atoms with E-state index in [1.807, 2.05) is 6.07 Å². The van der Waals surface area contributed by atoms with Crippen LogP contribution in [-0.4, -0.2) is 5.11 Å². The lowest BCUT2D eigenvalue weighted by Crippen LogP contribution is -2.09. The first-order valence-corrected chi connectivity index (χ1v) is 4.47. The standard InChI is InChI=1S/C10H9ClFNO/c1-6(5-13)10(14)7-3-2-4-8(11)9(7)12/h2-4,6,10,14H,1H3. The molecule has 2 unspecified atom stereocenters. The topological polar surface area (TPSA) is 44.0 Å². The molecule has 74 valence electrons. The first-order chi connectivity index (χ1) is 6.57. The van der Waals surface area contributed by atoms with E-state index in [0.717, 1.165) is 0 Å². The highest BCUT2D eigenvalue weighted by Crippen LogP contribution is 2.27. The van der Waals surface area contributed by atoms with Gasteiger partial charge in [-0.05, 0) is 13.0 Å². The van der Waals surface area contributed by atoms with Crippen LogP contribution in [0.1, 0.15) is 18.6 Å². The Balaban J connectivity index is 3.08. The molecular formula is C10H9ClFNO. The third kappa shape index (κ3) is 2.03. The second kappa shape index (κ2) is 4.41. The van der Waals surface area contributed by atoms with Crippen LogP contribution in [0.15, 0.2) is 18.2 Å². The number of hydrogen-bond acceptors (Lipinski definition) is 2. The van der Waals surface area contributed by atoms with Crippen LogP contribution in [-0.2, 0) is 0 Å². The third-order valence-electron chi connectivity index (χ3n) is 1.98. The Morgan fingerprint density at radius 1 is 1.57 bits per heavy atom. The van der Waals surface area contributed by atoms with Gasteiger partial charge in [-0.15, -0.1) is 0 Å². The van der Waals surface area contributed by atoms with Gasteiger partial charge in [-0.25, -0.2) is 4.39 Å². The van der Waals surface area contributed by atoms with E-state index >= 15 is 0 Å². The summed E-state index contributed by atoms with van der Waals surface area (Å²) >= 11 is 5.54. The van der Waals surface area contributed by atoms with E-state index in [2.05, 4.69) is 0 Å². The number of halogens is 2. The van der Waals surface area contributed by atoms with Crippen LogP contribution < -0.4 is 0 Å². The molecule has 0 aromatic heterocycles. The average Bonchev–Trinajstić information content (AvgIpc) is 2.20. The van der Waals surface area contributed by atoms with E-state index in [1.54, 1.807) is 0 Å². The fourth-order valence-corrected chi connectivity index (χ4v) is 1.27. The van der Waals surface area contributed by atoms with E-state index in [1.165, 1.54) is 25.1 Å². The maximum atomic E-state index is 13.3. The molecule has 4 heteroatoms. The molecule has 0 saturated heterocycles. The summed E-state index contributed by atoms with van der Waals surface area (Å²) in [5, 5.41) is 18.1. The van der Waals surface area contributed by atoms with Gasteiger partial charge in [-0.1, -0.05) is 23.7 Å². The zero-order valence-electron chi connectivity index (χ0n) is 7.54. The monoisotopic (exact) mass is 213 g/mol. The van der Waals surface area contributed by atoms with Gasteiger partial charge in [0.05, 0.1) is 23.1 Å². The molecule has 0 aliphatic heterocycles. The molecule has 14 heavy (non-hydrogen) atoms. The van der Waals surface area contributed by atoms with Crippen LogP contribution in [0.25, 0.3) is 0 Å². The number of benzene rings is 1. The van der Waals surface area contributed by atoms with Gasteiger partial charge in [0.15, 0.2) is 0 Å². The van der Waals surface area contributed by atoms with Gasteiger partial charge in [-0.2, -0.15) is 5.26 Å². The van der Waals surface area contributed by atoms with Crippen molar-refractivity contribution in [3.8, 4) is 6.07 Å². The molecule has 0 amide bonds. The van der Waals surface area contributed by atoms with Crippen molar-refractivity contribution < 1.29 is 9.50 Å². The van der Waals surface area contributed by atoms with Gasteiger partial charge in [0.2, 0.25) is 0 Å². The minimum atomic E-state index is -1.14. The Labute approximate surface area is 86.5 Å². The fourth-order valence-electron chi connectivity index (χ4n) is 1.09. The lowest BCUT2D eigenvalue weighted by molar-refractivity contribution is 0.138. The van der Waals surface area contributed by atoms with Gasteiger partial charge >= 0.3 is 0 Å². The molecule has 0 bridgehead atoms. The molecule has 1 N–H and O–H groups in total. The van der Waals surface area contributed by atoms with Crippen molar-refractivity contribution in [2.75, 3.05) is 0 Å². The number of rotatable bonds is 2. The quantitative estimate of drug-likeness (QED) is 0.821. The lowest BCUT2D eigenvalue weighted by Gasteiger charge is -2.13. The Bertz CT molecular complexity index is 375. The second-order valence-corrected chi connectivity index (χ2v) is 3.41. The summed E-state index contributed by atoms with van der Waals surface area (Å²) in [7, 11) is 0. The van der Waals surface area contributed by atoms with Crippen molar-refractivity contribution in [3.05, 3.63) is 34.6 Å². The Kier molecular flexibility index (Phi) is 3.45. The molecule has 2 atom stereocenters. The Morgan fingerprint density at radius 3 is 2.79 bits per heavy atom. The molecule has 0 heterocycles. The Morgan fingerprint density at radius 2 is 2.21 bits per heavy atom. The highest BCUT2D eigenvalue weighted by atomic mass is 35.5. The van der Waals surface area contributed by atoms with Gasteiger partial charge in [-0.3, -0.25) is 0 Å². The minimum absolute atomic E-state index is 0.0494. The first kappa shape index (κ1) is 11.0. The van der Waals surface area contributed by atoms with Crippen LogP contribution >= 0.6 is 11.6 Å². The molecule has 0 fully saturated rings. The molecule has 1 rings (SSSR count). The van der Waals surface area contributed by atoms with Crippen molar-refractivity contribution in [1.29, 1.82) is 5.26 Å². The SMILES string of the molecule is CC(C#N)C(O)c1cccc(Cl)c1F. The fraction of sp³-hybridized carbons (Fsp3) is 0.300. The van der Waals surface area contributed by atoms with Gasteiger partial charge in [0.25, 0.3) is 0 Å². The highest BCUT2D eigenvalue weighted by molar-refractivity contribution is 6.30. The maximum absolute atomic E-state index is 13.3. The number of nitrogens with zero attached hydrogens (tertiary/aromatic N) is 1. The predicted molar refractivity (Wildman–Crippen MR) is 51.1 cm³/mol. The van der Waals surface area contributed by atoms with Gasteiger partial charge in [0, 0.05) is 5.56 Å². The first-order valence-electron chi connectivity index (χ1n) is 4.09. The molecule has 2 nitrogen and oxygen atoms in total. The van der Waals surface area contributed by atoms with Crippen molar-refractivity contribution in [2.24, 2.45) is 5.92 Å². The molecule has 0 radical (unpaired) electrons. The summed E-state index contributed by atoms with van der Waals surface area (Å²) in [5.41, 5.74) is 0.0616. The van der Waals surface area contributed by atoms with Crippen LogP contribution in [0.3, 0.4) is 0 Å². The zero-order valence-corrected chi connectivity index (χ0v) is 8.29. The molecule has 0 saturated carbocycles. The second-order valence-electron chi connectivity index (χ2n) is 3.01. The number of nitriles is 1. The summed E-state index contributed by atoms with van der Waals surface area (Å²) in [5.74, 6) is -1.33. The highest BCUT2D eigenvalue weighted by Gasteiger charge is 2.20. The smallest absolute Gasteiger partial charge is 0.147 e. The van der Waals surface area contributed by atoms with E-state index < -0.39 is 17.8 Å². The van der Waals surface area contributed by atoms with Crippen molar-refractivity contribution >= 4 is 11.6 Å². The number of aliphatic hydroxyl groups excluding tert-OH is 1. The molecule has 0 aliphatic rings. The molecule has 0 aliphatic carbocycles. The Hall–Kier alpha value is -1.11. The zero-order chi connectivity index (χ0) is 10.7. The summed E-state index contributed by atoms with van der Waals surface area (Å²) in [4.78, 5) is 0. The molecule has 1 aromatic rings. The summed E-state index contributed by atoms with van der Waals surface area (Å²) in [6.45, 7) is 1.52. The molecular weight excluding hydrogens is 205 g/mol. The summed E-state index contributed by atoms with van der Waals surface area (Å²) in [6, 6.07) is 6.20. The van der Waals surface area contributed by atoms with Crippen LogP contribution in [0, 0.1) is 23.1 Å². The largest absolute Gasteiger partial charge is 0.387 e. The van der Waals surface area contributed by atoms with Gasteiger partial charge in [0.1, 0.15) is 5.82 Å². The van der Waals surface area contributed by atoms with Crippen molar-refractivity contribution in [2.45, 2.75) is 13.0 Å². The lowest BCUT2D eigenvalue weighted by atomic mass is 9.98. The number of hydrogen-bond donors (Lipinski definition) is 1. The van der Waals surface area contributed by atoms with Crippen LogP contribution in [0.4, 0.5) is 4.39 Å². The predicted octanol–water partition coefficient (Wildman–Crippen LogP) is 2.67. The van der Waals surface area contributed by atoms with Crippen molar-refractivity contribution in [1.82, 2.24) is 0 Å². The van der Waals surface area contributed by atoms with Crippen LogP contribution in [0.5, 0.6) is 0 Å². The summed E-state index contributed by atoms with van der Waals surface area (Å²) < 4.78 is 13.3. The average molecular weight is 214 g/mol. The number of aliphatic hydroxyl groups is 1. The van der Waals surface area contributed by atoms with E-state index in [4.69, 9.17) is 16.9 Å². The maximum Gasteiger partial charge on any atom is 0.147 e. The van der Waals surface area contributed by atoms with E-state index in [9.17, 15) is 9.50 Å². The van der Waals surface area contributed by atoms with Crippen molar-refractivity contribution in [3.63, 3.8) is 0 Å².